The molecule has 0 radical (unpaired) electrons. The van der Waals surface area contributed by atoms with E-state index < -0.39 is 24.0 Å². The number of halogens is 4. The van der Waals surface area contributed by atoms with Crippen LogP contribution >= 0.6 is 0 Å². The van der Waals surface area contributed by atoms with Crippen LogP contribution in [0, 0.1) is 35.3 Å². The Morgan fingerprint density at radius 3 is 2.03 bits per heavy atom. The smallest absolute Gasteiger partial charge is 0.387 e. The van der Waals surface area contributed by atoms with Gasteiger partial charge >= 0.3 is 6.61 Å². The molecule has 5 heteroatoms. The highest BCUT2D eigenvalue weighted by Crippen LogP contribution is 2.42. The lowest BCUT2D eigenvalue weighted by atomic mass is 9.68. The van der Waals surface area contributed by atoms with Crippen molar-refractivity contribution in [1.82, 2.24) is 0 Å². The number of aryl methyl sites for hydroxylation is 1. The van der Waals surface area contributed by atoms with Gasteiger partial charge in [-0.05, 0) is 99.2 Å². The molecular formula is C25H34F4O. The van der Waals surface area contributed by atoms with Gasteiger partial charge in [0.15, 0.2) is 17.4 Å². The molecule has 0 N–H and O–H groups in total. The number of alkyl halides is 2. The van der Waals surface area contributed by atoms with Crippen LogP contribution in [0.4, 0.5) is 17.6 Å². The van der Waals surface area contributed by atoms with Crippen molar-refractivity contribution in [3.05, 3.63) is 41.5 Å². The van der Waals surface area contributed by atoms with Crippen molar-refractivity contribution < 1.29 is 22.3 Å². The van der Waals surface area contributed by atoms with E-state index in [9.17, 15) is 17.6 Å². The minimum absolute atomic E-state index is 0.507. The lowest BCUT2D eigenvalue weighted by Gasteiger charge is -2.37. The number of allylic oxidation sites excluding steroid dienone is 2. The van der Waals surface area contributed by atoms with Gasteiger partial charge in [-0.15, -0.1) is 0 Å². The highest BCUT2D eigenvalue weighted by atomic mass is 19.3. The number of hydrogen-bond acceptors (Lipinski definition) is 1. The molecule has 2 aliphatic rings. The molecule has 0 saturated heterocycles. The first-order valence-corrected chi connectivity index (χ1v) is 11.6. The predicted octanol–water partition coefficient (Wildman–Crippen LogP) is 8.08. The lowest BCUT2D eigenvalue weighted by Crippen LogP contribution is -2.25. The van der Waals surface area contributed by atoms with Crippen LogP contribution in [-0.2, 0) is 6.42 Å². The molecule has 2 fully saturated rings. The van der Waals surface area contributed by atoms with Crippen LogP contribution in [0.5, 0.6) is 5.75 Å². The van der Waals surface area contributed by atoms with Crippen LogP contribution in [0.25, 0.3) is 0 Å². The molecule has 0 aliphatic heterocycles. The zero-order valence-corrected chi connectivity index (χ0v) is 17.9. The van der Waals surface area contributed by atoms with Crippen molar-refractivity contribution in [1.29, 1.82) is 0 Å². The quantitative estimate of drug-likeness (QED) is 0.302. The summed E-state index contributed by atoms with van der Waals surface area (Å²) in [7, 11) is 0. The monoisotopic (exact) mass is 426 g/mol. The van der Waals surface area contributed by atoms with Crippen molar-refractivity contribution in [2.45, 2.75) is 84.2 Å². The van der Waals surface area contributed by atoms with Gasteiger partial charge in [0.2, 0.25) is 0 Å². The van der Waals surface area contributed by atoms with Gasteiger partial charge in [0.1, 0.15) is 0 Å². The first kappa shape index (κ1) is 23.1. The number of hydrogen-bond donors (Lipinski definition) is 0. The van der Waals surface area contributed by atoms with Gasteiger partial charge in [0.05, 0.1) is 0 Å². The summed E-state index contributed by atoms with van der Waals surface area (Å²) in [5.41, 5.74) is 0.507. The molecule has 0 unspecified atom stereocenters. The Kier molecular flexibility index (Phi) is 8.64. The Balaban J connectivity index is 1.42. The zero-order valence-electron chi connectivity index (χ0n) is 17.9. The van der Waals surface area contributed by atoms with Crippen LogP contribution in [0.15, 0.2) is 24.3 Å². The fraction of sp³-hybridized carbons (Fsp3) is 0.680. The summed E-state index contributed by atoms with van der Waals surface area (Å²) >= 11 is 0. The summed E-state index contributed by atoms with van der Waals surface area (Å²) in [6, 6.07) is 2.25. The summed E-state index contributed by atoms with van der Waals surface area (Å²) in [6.07, 6.45) is 17.5. The van der Waals surface area contributed by atoms with Crippen molar-refractivity contribution in [3.8, 4) is 5.75 Å². The van der Waals surface area contributed by atoms with Gasteiger partial charge in [-0.2, -0.15) is 8.78 Å². The van der Waals surface area contributed by atoms with Gasteiger partial charge in [0.25, 0.3) is 0 Å². The Hall–Kier alpha value is -1.52. The summed E-state index contributed by atoms with van der Waals surface area (Å²) in [5.74, 6) is -0.0595. The largest absolute Gasteiger partial charge is 0.429 e. The Morgan fingerprint density at radius 1 is 0.933 bits per heavy atom. The Labute approximate surface area is 177 Å². The van der Waals surface area contributed by atoms with E-state index in [0.717, 1.165) is 42.7 Å². The predicted molar refractivity (Wildman–Crippen MR) is 112 cm³/mol. The van der Waals surface area contributed by atoms with Crippen LogP contribution in [-0.4, -0.2) is 6.61 Å². The molecule has 0 spiro atoms. The molecule has 1 aromatic carbocycles. The second-order valence-electron chi connectivity index (χ2n) is 9.10. The van der Waals surface area contributed by atoms with E-state index in [0.29, 0.717) is 17.9 Å². The molecule has 0 bridgehead atoms. The normalized spacial score (nSPS) is 27.7. The molecule has 1 nitrogen and oxygen atoms in total. The van der Waals surface area contributed by atoms with Crippen LogP contribution in [0.2, 0.25) is 0 Å². The average Bonchev–Trinajstić information content (AvgIpc) is 2.74. The first-order valence-electron chi connectivity index (χ1n) is 11.6. The van der Waals surface area contributed by atoms with Gasteiger partial charge < -0.3 is 4.74 Å². The minimum Gasteiger partial charge on any atom is -0.429 e. The summed E-state index contributed by atoms with van der Waals surface area (Å²) in [5, 5.41) is 0. The fourth-order valence-electron chi connectivity index (χ4n) is 5.41. The third kappa shape index (κ3) is 6.49. The Morgan fingerprint density at radius 2 is 1.50 bits per heavy atom. The van der Waals surface area contributed by atoms with E-state index in [1.165, 1.54) is 51.4 Å². The Bertz CT molecular complexity index is 663. The van der Waals surface area contributed by atoms with Crippen molar-refractivity contribution in [3.63, 3.8) is 0 Å². The van der Waals surface area contributed by atoms with E-state index in [1.807, 2.05) is 0 Å². The van der Waals surface area contributed by atoms with E-state index in [1.54, 1.807) is 0 Å². The molecule has 0 aromatic heterocycles. The first-order chi connectivity index (χ1) is 14.5. The van der Waals surface area contributed by atoms with Gasteiger partial charge in [-0.3, -0.25) is 0 Å². The summed E-state index contributed by atoms with van der Waals surface area (Å²) in [4.78, 5) is 0. The van der Waals surface area contributed by atoms with E-state index in [4.69, 9.17) is 0 Å². The van der Waals surface area contributed by atoms with Gasteiger partial charge in [-0.1, -0.05) is 31.9 Å². The van der Waals surface area contributed by atoms with Crippen LogP contribution in [0.3, 0.4) is 0 Å². The van der Waals surface area contributed by atoms with Crippen molar-refractivity contribution >= 4 is 0 Å². The molecule has 2 aliphatic carbocycles. The molecule has 168 valence electrons. The molecule has 2 saturated carbocycles. The van der Waals surface area contributed by atoms with E-state index in [2.05, 4.69) is 23.8 Å². The highest BCUT2D eigenvalue weighted by molar-refractivity contribution is 5.31. The standard InChI is InChI=1S/C25H34F4O/c1-2-3-4-17-7-11-20(12-8-17)21-13-9-18(10-14-21)5-6-19-15-22(26)24(23(27)16-19)30-25(28)29/h3-4,15-18,20-21,25H,2,5-14H2,1H3. The molecular weight excluding hydrogens is 392 g/mol. The minimum atomic E-state index is -3.24. The highest BCUT2D eigenvalue weighted by Gasteiger charge is 2.30. The van der Waals surface area contributed by atoms with Crippen molar-refractivity contribution in [2.75, 3.05) is 0 Å². The molecule has 0 heterocycles. The van der Waals surface area contributed by atoms with Crippen molar-refractivity contribution in [2.24, 2.45) is 23.7 Å². The van der Waals surface area contributed by atoms with Gasteiger partial charge in [0, 0.05) is 0 Å². The van der Waals surface area contributed by atoms with Gasteiger partial charge in [-0.25, -0.2) is 8.78 Å². The maximum atomic E-state index is 13.9. The second kappa shape index (κ2) is 11.2. The maximum Gasteiger partial charge on any atom is 0.387 e. The van der Waals surface area contributed by atoms with Crippen LogP contribution < -0.4 is 4.74 Å². The number of ether oxygens (including phenoxy) is 1. The third-order valence-electron chi connectivity index (χ3n) is 7.12. The zero-order chi connectivity index (χ0) is 21.5. The third-order valence-corrected chi connectivity index (χ3v) is 7.12. The summed E-state index contributed by atoms with van der Waals surface area (Å²) < 4.78 is 56.2. The average molecular weight is 427 g/mol. The molecule has 30 heavy (non-hydrogen) atoms. The molecule has 3 rings (SSSR count). The number of rotatable bonds is 8. The van der Waals surface area contributed by atoms with E-state index >= 15 is 0 Å². The van der Waals surface area contributed by atoms with E-state index in [-0.39, 0.29) is 0 Å². The summed E-state index contributed by atoms with van der Waals surface area (Å²) in [6.45, 7) is -1.05. The lowest BCUT2D eigenvalue weighted by molar-refractivity contribution is -0.0546. The maximum absolute atomic E-state index is 13.9. The molecule has 0 amide bonds. The van der Waals surface area contributed by atoms with Crippen LogP contribution in [0.1, 0.15) is 76.7 Å². The fourth-order valence-corrected chi connectivity index (χ4v) is 5.41. The second-order valence-corrected chi connectivity index (χ2v) is 9.10. The SMILES string of the molecule is CCC=CC1CCC(C2CCC(CCc3cc(F)c(OC(F)F)c(F)c3)CC2)CC1. The molecule has 0 atom stereocenters. The molecule has 1 aromatic rings. The number of benzene rings is 1. The topological polar surface area (TPSA) is 9.23 Å².